The minimum absolute atomic E-state index is 0.563. The molecule has 0 saturated carbocycles. The van der Waals surface area contributed by atoms with Crippen molar-refractivity contribution in [2.45, 2.75) is 25.7 Å². The second-order valence-electron chi connectivity index (χ2n) is 6.17. The van der Waals surface area contributed by atoms with Gasteiger partial charge in [-0.05, 0) is 73.7 Å². The number of nitrogens with one attached hydrogen (secondary N) is 1. The van der Waals surface area contributed by atoms with E-state index in [0.717, 1.165) is 49.5 Å². The lowest BCUT2D eigenvalue weighted by Crippen LogP contribution is -2.24. The zero-order chi connectivity index (χ0) is 15.8. The molecular weight excluding hydrogens is 327 g/mol. The van der Waals surface area contributed by atoms with Crippen molar-refractivity contribution >= 4 is 28.8 Å². The molecule has 1 fully saturated rings. The standard InChI is InChI=1S/C19H18Cl2N2/c20-15-4-5-16-14(11-15)2-1-13-3-6-17(21)23-19(13)18(16)12-7-9-22-10-8-12/h3-6,11,22H,1-2,7-10H2. The van der Waals surface area contributed by atoms with Crippen molar-refractivity contribution in [1.29, 1.82) is 0 Å². The highest BCUT2D eigenvalue weighted by Gasteiger charge is 2.23. The van der Waals surface area contributed by atoms with Gasteiger partial charge in [0.2, 0.25) is 0 Å². The van der Waals surface area contributed by atoms with Crippen molar-refractivity contribution in [3.05, 3.63) is 68.5 Å². The molecule has 1 aliphatic carbocycles. The van der Waals surface area contributed by atoms with E-state index in [-0.39, 0.29) is 0 Å². The maximum atomic E-state index is 6.24. The SMILES string of the molecule is Clc1ccc2c(c1)CCc1ccc(Cl)nc1C2=C1CCNCC1. The number of aryl methyl sites for hydroxylation is 2. The van der Waals surface area contributed by atoms with E-state index < -0.39 is 0 Å². The molecule has 2 nitrogen and oxygen atoms in total. The number of piperidine rings is 1. The first-order chi connectivity index (χ1) is 11.2. The van der Waals surface area contributed by atoms with Crippen LogP contribution in [-0.4, -0.2) is 18.1 Å². The van der Waals surface area contributed by atoms with Gasteiger partial charge >= 0.3 is 0 Å². The summed E-state index contributed by atoms with van der Waals surface area (Å²) in [6.07, 6.45) is 4.08. The molecule has 2 aromatic rings. The maximum Gasteiger partial charge on any atom is 0.129 e. The summed E-state index contributed by atoms with van der Waals surface area (Å²) >= 11 is 12.5. The van der Waals surface area contributed by atoms with Crippen molar-refractivity contribution in [1.82, 2.24) is 10.3 Å². The Bertz CT molecular complexity index is 788. The van der Waals surface area contributed by atoms with E-state index in [2.05, 4.69) is 23.5 Å². The summed E-state index contributed by atoms with van der Waals surface area (Å²) in [7, 11) is 0. The van der Waals surface area contributed by atoms with Gasteiger partial charge in [0, 0.05) is 10.6 Å². The van der Waals surface area contributed by atoms with Gasteiger partial charge in [0.15, 0.2) is 0 Å². The summed E-state index contributed by atoms with van der Waals surface area (Å²) in [4.78, 5) is 4.71. The highest BCUT2D eigenvalue weighted by atomic mass is 35.5. The van der Waals surface area contributed by atoms with Gasteiger partial charge in [-0.1, -0.05) is 40.9 Å². The van der Waals surface area contributed by atoms with Crippen LogP contribution in [-0.2, 0) is 12.8 Å². The lowest BCUT2D eigenvalue weighted by atomic mass is 9.89. The van der Waals surface area contributed by atoms with Crippen LogP contribution in [0.4, 0.5) is 0 Å². The average Bonchev–Trinajstić information content (AvgIpc) is 2.72. The van der Waals surface area contributed by atoms with E-state index in [4.69, 9.17) is 28.2 Å². The fraction of sp³-hybridized carbons (Fsp3) is 0.316. The largest absolute Gasteiger partial charge is 0.316 e. The molecule has 1 saturated heterocycles. The molecule has 23 heavy (non-hydrogen) atoms. The molecule has 1 aliphatic heterocycles. The third-order valence-corrected chi connectivity index (χ3v) is 5.19. The van der Waals surface area contributed by atoms with Crippen LogP contribution in [0, 0.1) is 0 Å². The highest BCUT2D eigenvalue weighted by molar-refractivity contribution is 6.30. The number of hydrogen-bond acceptors (Lipinski definition) is 2. The van der Waals surface area contributed by atoms with E-state index in [1.165, 1.54) is 27.8 Å². The summed E-state index contributed by atoms with van der Waals surface area (Å²) in [5, 5.41) is 4.80. The summed E-state index contributed by atoms with van der Waals surface area (Å²) in [5.41, 5.74) is 7.70. The lowest BCUT2D eigenvalue weighted by molar-refractivity contribution is 0.611. The molecule has 1 aromatic heterocycles. The van der Waals surface area contributed by atoms with Gasteiger partial charge in [-0.3, -0.25) is 0 Å². The quantitative estimate of drug-likeness (QED) is 0.702. The molecule has 4 rings (SSSR count). The minimum atomic E-state index is 0.563. The number of pyridine rings is 1. The third-order valence-electron chi connectivity index (χ3n) is 4.74. The number of hydrogen-bond donors (Lipinski definition) is 1. The van der Waals surface area contributed by atoms with E-state index >= 15 is 0 Å². The van der Waals surface area contributed by atoms with Gasteiger partial charge in [-0.2, -0.15) is 0 Å². The van der Waals surface area contributed by atoms with Crippen LogP contribution < -0.4 is 5.32 Å². The molecule has 1 N–H and O–H groups in total. The zero-order valence-corrected chi connectivity index (χ0v) is 14.3. The number of nitrogens with zero attached hydrogens (tertiary/aromatic N) is 1. The normalized spacial score (nSPS) is 17.5. The van der Waals surface area contributed by atoms with Crippen LogP contribution in [0.2, 0.25) is 10.2 Å². The van der Waals surface area contributed by atoms with Crippen molar-refractivity contribution < 1.29 is 0 Å². The van der Waals surface area contributed by atoms with Crippen molar-refractivity contribution in [2.24, 2.45) is 0 Å². The Morgan fingerprint density at radius 3 is 2.48 bits per heavy atom. The first-order valence-corrected chi connectivity index (χ1v) is 8.85. The molecule has 0 atom stereocenters. The van der Waals surface area contributed by atoms with Crippen molar-refractivity contribution in [2.75, 3.05) is 13.1 Å². The summed E-state index contributed by atoms with van der Waals surface area (Å²) in [5.74, 6) is 0. The summed E-state index contributed by atoms with van der Waals surface area (Å²) in [6, 6.07) is 10.3. The minimum Gasteiger partial charge on any atom is -0.316 e. The van der Waals surface area contributed by atoms with E-state index in [1.807, 2.05) is 12.1 Å². The lowest BCUT2D eigenvalue weighted by Gasteiger charge is -2.22. The summed E-state index contributed by atoms with van der Waals surface area (Å²) < 4.78 is 0. The molecule has 4 heteroatoms. The number of rotatable bonds is 0. The van der Waals surface area contributed by atoms with Crippen molar-refractivity contribution in [3.63, 3.8) is 0 Å². The molecule has 0 unspecified atom stereocenters. The molecular formula is C19H18Cl2N2. The Hall–Kier alpha value is -1.35. The van der Waals surface area contributed by atoms with Crippen LogP contribution in [0.1, 0.15) is 35.2 Å². The average molecular weight is 345 g/mol. The van der Waals surface area contributed by atoms with Crippen LogP contribution in [0.15, 0.2) is 35.9 Å². The molecule has 0 spiro atoms. The molecule has 2 aliphatic rings. The van der Waals surface area contributed by atoms with Gasteiger partial charge < -0.3 is 5.32 Å². The Morgan fingerprint density at radius 1 is 0.870 bits per heavy atom. The van der Waals surface area contributed by atoms with Crippen molar-refractivity contribution in [3.8, 4) is 0 Å². The fourth-order valence-corrected chi connectivity index (χ4v) is 3.97. The molecule has 0 bridgehead atoms. The van der Waals surface area contributed by atoms with Crippen LogP contribution in [0.5, 0.6) is 0 Å². The molecule has 0 radical (unpaired) electrons. The Balaban J connectivity index is 1.99. The van der Waals surface area contributed by atoms with Gasteiger partial charge in [-0.15, -0.1) is 0 Å². The first-order valence-electron chi connectivity index (χ1n) is 8.10. The molecule has 2 heterocycles. The monoisotopic (exact) mass is 344 g/mol. The van der Waals surface area contributed by atoms with Gasteiger partial charge in [0.25, 0.3) is 0 Å². The Morgan fingerprint density at radius 2 is 1.65 bits per heavy atom. The second-order valence-corrected chi connectivity index (χ2v) is 7.00. The Labute approximate surface area is 146 Å². The number of aromatic nitrogens is 1. The van der Waals surface area contributed by atoms with Crippen LogP contribution >= 0.6 is 23.2 Å². The number of benzene rings is 1. The predicted molar refractivity (Wildman–Crippen MR) is 96.2 cm³/mol. The highest BCUT2D eigenvalue weighted by Crippen LogP contribution is 2.38. The fourth-order valence-electron chi connectivity index (χ4n) is 3.63. The molecule has 1 aromatic carbocycles. The second kappa shape index (κ2) is 6.27. The Kier molecular flexibility index (Phi) is 4.14. The van der Waals surface area contributed by atoms with Gasteiger partial charge in [0.05, 0.1) is 5.69 Å². The van der Waals surface area contributed by atoms with Crippen LogP contribution in [0.3, 0.4) is 0 Å². The van der Waals surface area contributed by atoms with E-state index in [9.17, 15) is 0 Å². The number of halogens is 2. The number of fused-ring (bicyclic) bond motifs is 2. The van der Waals surface area contributed by atoms with Gasteiger partial charge in [0.1, 0.15) is 5.15 Å². The summed E-state index contributed by atoms with van der Waals surface area (Å²) in [6.45, 7) is 2.05. The third kappa shape index (κ3) is 2.91. The molecule has 0 amide bonds. The topological polar surface area (TPSA) is 24.9 Å². The zero-order valence-electron chi connectivity index (χ0n) is 12.8. The smallest absolute Gasteiger partial charge is 0.129 e. The molecule has 118 valence electrons. The predicted octanol–water partition coefficient (Wildman–Crippen LogP) is 4.67. The maximum absolute atomic E-state index is 6.24. The van der Waals surface area contributed by atoms with E-state index in [0.29, 0.717) is 5.15 Å². The van der Waals surface area contributed by atoms with Gasteiger partial charge in [-0.25, -0.2) is 4.98 Å². The van der Waals surface area contributed by atoms with Crippen LogP contribution in [0.25, 0.3) is 5.57 Å². The van der Waals surface area contributed by atoms with E-state index in [1.54, 1.807) is 0 Å². The first kappa shape index (κ1) is 15.2.